The van der Waals surface area contributed by atoms with Crippen molar-refractivity contribution in [3.05, 3.63) is 29.8 Å². The first-order valence-corrected chi connectivity index (χ1v) is 8.38. The largest absolute Gasteiger partial charge is 0.326 e. The lowest BCUT2D eigenvalue weighted by molar-refractivity contribution is -0.130. The molecule has 0 unspecified atom stereocenters. The van der Waals surface area contributed by atoms with E-state index in [4.69, 9.17) is 0 Å². The number of benzene rings is 1. The molecule has 0 aromatic heterocycles. The predicted molar refractivity (Wildman–Crippen MR) is 86.8 cm³/mol. The van der Waals surface area contributed by atoms with Crippen LogP contribution < -0.4 is 10.6 Å². The van der Waals surface area contributed by atoms with Crippen molar-refractivity contribution in [1.29, 1.82) is 0 Å². The number of anilines is 1. The molecule has 2 N–H and O–H groups in total. The lowest BCUT2D eigenvalue weighted by Crippen LogP contribution is -2.38. The molecule has 1 saturated heterocycles. The molecule has 2 rings (SSSR count). The molecule has 7 heteroatoms. The summed E-state index contributed by atoms with van der Waals surface area (Å²) in [4.78, 5) is 36.9. The number of amides is 4. The van der Waals surface area contributed by atoms with Gasteiger partial charge >= 0.3 is 6.03 Å². The fraction of sp³-hybridized carbons (Fsp3) is 0.400. The molecule has 1 aromatic rings. The number of hydrogen-bond acceptors (Lipinski definition) is 4. The SMILES string of the molecule is CSCC[C@@H]1NC(=O)N(CC(=O)Nc2cccc(C)c2)C1=O. The highest BCUT2D eigenvalue weighted by Gasteiger charge is 2.38. The Labute approximate surface area is 133 Å². The highest BCUT2D eigenvalue weighted by atomic mass is 32.2. The first-order chi connectivity index (χ1) is 10.5. The number of nitrogens with zero attached hydrogens (tertiary/aromatic N) is 1. The summed E-state index contributed by atoms with van der Waals surface area (Å²) < 4.78 is 0. The minimum atomic E-state index is -0.522. The number of aryl methyl sites for hydroxylation is 1. The van der Waals surface area contributed by atoms with Gasteiger partial charge in [-0.25, -0.2) is 4.79 Å². The molecule has 0 saturated carbocycles. The summed E-state index contributed by atoms with van der Waals surface area (Å²) in [6.45, 7) is 1.65. The Morgan fingerprint density at radius 3 is 2.86 bits per heavy atom. The molecule has 4 amide bonds. The van der Waals surface area contributed by atoms with E-state index >= 15 is 0 Å². The molecule has 0 aliphatic carbocycles. The highest BCUT2D eigenvalue weighted by Crippen LogP contribution is 2.13. The topological polar surface area (TPSA) is 78.5 Å². The van der Waals surface area contributed by atoms with Crippen molar-refractivity contribution in [2.24, 2.45) is 0 Å². The van der Waals surface area contributed by atoms with E-state index in [1.165, 1.54) is 0 Å². The van der Waals surface area contributed by atoms with Gasteiger partial charge in [0.2, 0.25) is 5.91 Å². The summed E-state index contributed by atoms with van der Waals surface area (Å²) in [7, 11) is 0. The van der Waals surface area contributed by atoms with E-state index < -0.39 is 12.1 Å². The van der Waals surface area contributed by atoms with Crippen LogP contribution in [0.5, 0.6) is 0 Å². The average molecular weight is 321 g/mol. The zero-order valence-electron chi connectivity index (χ0n) is 12.6. The van der Waals surface area contributed by atoms with Crippen LogP contribution in [-0.2, 0) is 9.59 Å². The van der Waals surface area contributed by atoms with Gasteiger partial charge < -0.3 is 10.6 Å². The molecular weight excluding hydrogens is 302 g/mol. The minimum absolute atomic E-state index is 0.269. The van der Waals surface area contributed by atoms with Crippen LogP contribution in [-0.4, -0.2) is 47.3 Å². The Balaban J connectivity index is 1.93. The second-order valence-corrected chi connectivity index (χ2v) is 6.11. The van der Waals surface area contributed by atoms with Gasteiger partial charge in [-0.1, -0.05) is 12.1 Å². The van der Waals surface area contributed by atoms with Gasteiger partial charge in [-0.2, -0.15) is 11.8 Å². The van der Waals surface area contributed by atoms with E-state index in [0.29, 0.717) is 12.1 Å². The smallest absolute Gasteiger partial charge is 0.325 e. The summed E-state index contributed by atoms with van der Waals surface area (Å²) in [5.41, 5.74) is 1.67. The van der Waals surface area contributed by atoms with Crippen molar-refractivity contribution >= 4 is 35.3 Å². The van der Waals surface area contributed by atoms with E-state index in [9.17, 15) is 14.4 Å². The van der Waals surface area contributed by atoms with Crippen LogP contribution in [0.15, 0.2) is 24.3 Å². The fourth-order valence-electron chi connectivity index (χ4n) is 2.22. The van der Waals surface area contributed by atoms with Crippen molar-refractivity contribution in [3.8, 4) is 0 Å². The van der Waals surface area contributed by atoms with Gasteiger partial charge in [0, 0.05) is 5.69 Å². The molecule has 1 aromatic carbocycles. The number of imide groups is 1. The molecular formula is C15H19N3O3S. The summed E-state index contributed by atoms with van der Waals surface area (Å²) in [5.74, 6) is 0.0538. The Bertz CT molecular complexity index is 591. The second-order valence-electron chi connectivity index (χ2n) is 5.13. The molecule has 0 spiro atoms. The molecule has 22 heavy (non-hydrogen) atoms. The van der Waals surface area contributed by atoms with Crippen LogP contribution in [0, 0.1) is 6.92 Å². The number of carbonyl (C=O) groups is 3. The van der Waals surface area contributed by atoms with Crippen LogP contribution in [0.4, 0.5) is 10.5 Å². The average Bonchev–Trinajstić information content (AvgIpc) is 2.72. The molecule has 0 bridgehead atoms. The van der Waals surface area contributed by atoms with Crippen LogP contribution in [0.3, 0.4) is 0 Å². The zero-order valence-corrected chi connectivity index (χ0v) is 13.4. The molecule has 1 heterocycles. The normalized spacial score (nSPS) is 17.5. The molecule has 1 aliphatic rings. The van der Waals surface area contributed by atoms with Crippen molar-refractivity contribution in [1.82, 2.24) is 10.2 Å². The Kier molecular flexibility index (Phi) is 5.43. The quantitative estimate of drug-likeness (QED) is 0.780. The number of urea groups is 1. The number of thioether (sulfide) groups is 1. The van der Waals surface area contributed by atoms with Crippen molar-refractivity contribution in [3.63, 3.8) is 0 Å². The predicted octanol–water partition coefficient (Wildman–Crippen LogP) is 1.61. The number of hydrogen-bond donors (Lipinski definition) is 2. The van der Waals surface area contributed by atoms with Gasteiger partial charge in [-0.15, -0.1) is 0 Å². The van der Waals surface area contributed by atoms with E-state index in [1.54, 1.807) is 17.8 Å². The number of nitrogens with one attached hydrogen (secondary N) is 2. The summed E-state index contributed by atoms with van der Waals surface area (Å²) in [5, 5.41) is 5.30. The van der Waals surface area contributed by atoms with E-state index in [-0.39, 0.29) is 18.4 Å². The standard InChI is InChI=1S/C15H19N3O3S/c1-10-4-3-5-11(8-10)16-13(19)9-18-14(20)12(6-7-22-2)17-15(18)21/h3-5,8,12H,6-7,9H2,1-2H3,(H,16,19)(H,17,21)/t12-/m0/s1. The molecule has 1 atom stereocenters. The van der Waals surface area contributed by atoms with Gasteiger partial charge in [-0.3, -0.25) is 14.5 Å². The van der Waals surface area contributed by atoms with Crippen molar-refractivity contribution in [2.75, 3.05) is 23.9 Å². The summed E-state index contributed by atoms with van der Waals surface area (Å²) in [6, 6.07) is 6.31. The molecule has 1 aliphatic heterocycles. The molecule has 6 nitrogen and oxygen atoms in total. The zero-order chi connectivity index (χ0) is 16.1. The van der Waals surface area contributed by atoms with Crippen LogP contribution in [0.25, 0.3) is 0 Å². The van der Waals surface area contributed by atoms with Crippen LogP contribution >= 0.6 is 11.8 Å². The summed E-state index contributed by atoms with van der Waals surface area (Å²) >= 11 is 1.61. The third kappa shape index (κ3) is 4.00. The molecule has 0 radical (unpaired) electrons. The van der Waals surface area contributed by atoms with Crippen molar-refractivity contribution < 1.29 is 14.4 Å². The van der Waals surface area contributed by atoms with Gasteiger partial charge in [-0.05, 0) is 43.0 Å². The van der Waals surface area contributed by atoms with E-state index in [0.717, 1.165) is 16.2 Å². The maximum atomic E-state index is 12.1. The van der Waals surface area contributed by atoms with Crippen LogP contribution in [0.1, 0.15) is 12.0 Å². The minimum Gasteiger partial charge on any atom is -0.326 e. The second kappa shape index (κ2) is 7.31. The maximum absolute atomic E-state index is 12.1. The maximum Gasteiger partial charge on any atom is 0.325 e. The Morgan fingerprint density at radius 2 is 2.18 bits per heavy atom. The Hall–Kier alpha value is -2.02. The van der Waals surface area contributed by atoms with Crippen LogP contribution in [0.2, 0.25) is 0 Å². The fourth-order valence-corrected chi connectivity index (χ4v) is 2.70. The first-order valence-electron chi connectivity index (χ1n) is 6.98. The molecule has 1 fully saturated rings. The number of carbonyl (C=O) groups excluding carboxylic acids is 3. The third-order valence-corrected chi connectivity index (χ3v) is 3.97. The van der Waals surface area contributed by atoms with Gasteiger partial charge in [0.25, 0.3) is 5.91 Å². The van der Waals surface area contributed by atoms with Gasteiger partial charge in [0.15, 0.2) is 0 Å². The first kappa shape index (κ1) is 16.4. The van der Waals surface area contributed by atoms with Gasteiger partial charge in [0.05, 0.1) is 0 Å². The summed E-state index contributed by atoms with van der Waals surface area (Å²) in [6.07, 6.45) is 2.51. The van der Waals surface area contributed by atoms with Gasteiger partial charge in [0.1, 0.15) is 12.6 Å². The third-order valence-electron chi connectivity index (χ3n) is 3.32. The lowest BCUT2D eigenvalue weighted by Gasteiger charge is -2.13. The van der Waals surface area contributed by atoms with Crippen molar-refractivity contribution in [2.45, 2.75) is 19.4 Å². The number of rotatable bonds is 6. The highest BCUT2D eigenvalue weighted by molar-refractivity contribution is 7.98. The lowest BCUT2D eigenvalue weighted by atomic mass is 10.2. The Morgan fingerprint density at radius 1 is 1.41 bits per heavy atom. The molecule has 118 valence electrons. The monoisotopic (exact) mass is 321 g/mol. The van der Waals surface area contributed by atoms with E-state index in [1.807, 2.05) is 31.4 Å². The van der Waals surface area contributed by atoms with E-state index in [2.05, 4.69) is 10.6 Å².